The molecule has 4 nitrogen and oxygen atoms in total. The van der Waals surface area contributed by atoms with Gasteiger partial charge in [-0.2, -0.15) is 0 Å². The van der Waals surface area contributed by atoms with E-state index in [0.29, 0.717) is 0 Å². The first-order valence-corrected chi connectivity index (χ1v) is 5.93. The van der Waals surface area contributed by atoms with Crippen molar-refractivity contribution in [2.75, 3.05) is 25.5 Å². The van der Waals surface area contributed by atoms with Crippen molar-refractivity contribution in [3.8, 4) is 0 Å². The van der Waals surface area contributed by atoms with E-state index in [-0.39, 0.29) is 0 Å². The van der Waals surface area contributed by atoms with Crippen molar-refractivity contribution in [3.63, 3.8) is 0 Å². The van der Waals surface area contributed by atoms with Crippen LogP contribution in [0.4, 0.5) is 5.82 Å². The molecule has 1 aromatic heterocycles. The quantitative estimate of drug-likeness (QED) is 0.771. The number of hydrogen-bond donors (Lipinski definition) is 2. The summed E-state index contributed by atoms with van der Waals surface area (Å²) >= 11 is 0. The van der Waals surface area contributed by atoms with Gasteiger partial charge >= 0.3 is 0 Å². The Bertz CT molecular complexity index is 496. The maximum absolute atomic E-state index is 4.46. The van der Waals surface area contributed by atoms with Crippen LogP contribution in [0.5, 0.6) is 0 Å². The molecule has 0 saturated heterocycles. The fraction of sp³-hybridized carbons (Fsp3) is 0.385. The number of fused-ring (bicyclic) bond motifs is 1. The normalized spacial score (nSPS) is 10.7. The molecule has 2 aromatic rings. The summed E-state index contributed by atoms with van der Waals surface area (Å²) in [5.41, 5.74) is 0.996. The highest BCUT2D eigenvalue weighted by Gasteiger charge is 2.03. The van der Waals surface area contributed by atoms with Gasteiger partial charge in [-0.15, -0.1) is 0 Å². The van der Waals surface area contributed by atoms with Crippen LogP contribution in [0, 0.1) is 6.92 Å². The molecule has 4 heteroatoms. The zero-order valence-corrected chi connectivity index (χ0v) is 10.3. The van der Waals surface area contributed by atoms with Gasteiger partial charge in [-0.25, -0.2) is 9.97 Å². The highest BCUT2D eigenvalue weighted by Crippen LogP contribution is 2.19. The molecule has 1 heterocycles. The number of para-hydroxylation sites is 1. The average molecular weight is 230 g/mol. The first kappa shape index (κ1) is 11.8. The van der Waals surface area contributed by atoms with Crippen molar-refractivity contribution in [1.82, 2.24) is 15.3 Å². The fourth-order valence-electron chi connectivity index (χ4n) is 1.80. The lowest BCUT2D eigenvalue weighted by atomic mass is 10.2. The van der Waals surface area contributed by atoms with Crippen LogP contribution in [0.1, 0.15) is 12.2 Å². The number of aromatic nitrogens is 2. The molecule has 0 fully saturated rings. The van der Waals surface area contributed by atoms with E-state index in [2.05, 4.69) is 26.7 Å². The average Bonchev–Trinajstić information content (AvgIpc) is 2.34. The van der Waals surface area contributed by atoms with Gasteiger partial charge in [-0.1, -0.05) is 12.1 Å². The SMILES string of the molecule is CNCCCNc1nc(C)nc2ccccc12. The summed E-state index contributed by atoms with van der Waals surface area (Å²) < 4.78 is 0. The van der Waals surface area contributed by atoms with E-state index >= 15 is 0 Å². The lowest BCUT2D eigenvalue weighted by molar-refractivity contribution is 0.747. The predicted octanol–water partition coefficient (Wildman–Crippen LogP) is 1.96. The van der Waals surface area contributed by atoms with E-state index in [4.69, 9.17) is 0 Å². The molecular weight excluding hydrogens is 212 g/mol. The topological polar surface area (TPSA) is 49.8 Å². The second-order valence-corrected chi connectivity index (χ2v) is 4.02. The molecule has 0 radical (unpaired) electrons. The van der Waals surface area contributed by atoms with Crippen LogP contribution in [0.2, 0.25) is 0 Å². The van der Waals surface area contributed by atoms with Crippen molar-refractivity contribution in [1.29, 1.82) is 0 Å². The van der Waals surface area contributed by atoms with Gasteiger partial charge in [0.25, 0.3) is 0 Å². The third-order valence-electron chi connectivity index (χ3n) is 2.61. The molecule has 0 atom stereocenters. The summed E-state index contributed by atoms with van der Waals surface area (Å²) in [5.74, 6) is 1.74. The maximum Gasteiger partial charge on any atom is 0.137 e. The van der Waals surface area contributed by atoms with Crippen LogP contribution in [0.15, 0.2) is 24.3 Å². The Morgan fingerprint density at radius 3 is 2.76 bits per heavy atom. The highest BCUT2D eigenvalue weighted by atomic mass is 15.0. The van der Waals surface area contributed by atoms with Crippen LogP contribution in [0.25, 0.3) is 10.9 Å². The first-order chi connectivity index (χ1) is 8.31. The van der Waals surface area contributed by atoms with Crippen LogP contribution in [-0.2, 0) is 0 Å². The second kappa shape index (κ2) is 5.59. The van der Waals surface area contributed by atoms with Gasteiger partial charge in [-0.05, 0) is 39.1 Å². The Morgan fingerprint density at radius 2 is 1.94 bits per heavy atom. The number of nitrogens with zero attached hydrogens (tertiary/aromatic N) is 2. The molecule has 0 amide bonds. The molecule has 2 rings (SSSR count). The van der Waals surface area contributed by atoms with E-state index in [9.17, 15) is 0 Å². The first-order valence-electron chi connectivity index (χ1n) is 5.93. The molecule has 0 spiro atoms. The third-order valence-corrected chi connectivity index (χ3v) is 2.61. The Labute approximate surface area is 101 Å². The maximum atomic E-state index is 4.46. The molecule has 2 N–H and O–H groups in total. The number of nitrogens with one attached hydrogen (secondary N) is 2. The summed E-state index contributed by atoms with van der Waals surface area (Å²) in [5, 5.41) is 7.59. The summed E-state index contributed by atoms with van der Waals surface area (Å²) in [6.07, 6.45) is 1.08. The van der Waals surface area contributed by atoms with Gasteiger partial charge in [0.05, 0.1) is 5.52 Å². The van der Waals surface area contributed by atoms with Crippen molar-refractivity contribution in [2.24, 2.45) is 0 Å². The number of rotatable bonds is 5. The van der Waals surface area contributed by atoms with Gasteiger partial charge in [0.2, 0.25) is 0 Å². The second-order valence-electron chi connectivity index (χ2n) is 4.02. The van der Waals surface area contributed by atoms with E-state index in [1.807, 2.05) is 32.2 Å². The minimum atomic E-state index is 0.805. The number of benzene rings is 1. The summed E-state index contributed by atoms with van der Waals surface area (Å²) in [7, 11) is 1.96. The predicted molar refractivity (Wildman–Crippen MR) is 71.3 cm³/mol. The van der Waals surface area contributed by atoms with Gasteiger partial charge in [-0.3, -0.25) is 0 Å². The van der Waals surface area contributed by atoms with Gasteiger partial charge < -0.3 is 10.6 Å². The zero-order chi connectivity index (χ0) is 12.1. The summed E-state index contributed by atoms with van der Waals surface area (Å²) in [4.78, 5) is 8.87. The molecule has 90 valence electrons. The highest BCUT2D eigenvalue weighted by molar-refractivity contribution is 5.88. The smallest absolute Gasteiger partial charge is 0.137 e. The number of anilines is 1. The minimum absolute atomic E-state index is 0.805. The molecule has 0 unspecified atom stereocenters. The van der Waals surface area contributed by atoms with E-state index in [1.54, 1.807) is 0 Å². The van der Waals surface area contributed by atoms with Crippen molar-refractivity contribution in [3.05, 3.63) is 30.1 Å². The van der Waals surface area contributed by atoms with Crippen LogP contribution < -0.4 is 10.6 Å². The van der Waals surface area contributed by atoms with Crippen molar-refractivity contribution >= 4 is 16.7 Å². The molecule has 0 aliphatic carbocycles. The van der Waals surface area contributed by atoms with Crippen molar-refractivity contribution in [2.45, 2.75) is 13.3 Å². The van der Waals surface area contributed by atoms with E-state index in [1.165, 1.54) is 0 Å². The molecule has 1 aromatic carbocycles. The lowest BCUT2D eigenvalue weighted by Crippen LogP contribution is -2.13. The Balaban J connectivity index is 2.20. The zero-order valence-electron chi connectivity index (χ0n) is 10.3. The molecule has 0 saturated carbocycles. The van der Waals surface area contributed by atoms with Gasteiger partial charge in [0, 0.05) is 11.9 Å². The van der Waals surface area contributed by atoms with Crippen molar-refractivity contribution < 1.29 is 0 Å². The molecule has 0 aliphatic rings. The molecular formula is C13H18N4. The summed E-state index contributed by atoms with van der Waals surface area (Å²) in [6, 6.07) is 8.08. The molecule has 17 heavy (non-hydrogen) atoms. The summed E-state index contributed by atoms with van der Waals surface area (Å²) in [6.45, 7) is 3.85. The number of aryl methyl sites for hydroxylation is 1. The van der Waals surface area contributed by atoms with Gasteiger partial charge in [0.1, 0.15) is 11.6 Å². The van der Waals surface area contributed by atoms with Crippen LogP contribution in [-0.4, -0.2) is 30.1 Å². The Hall–Kier alpha value is -1.68. The third kappa shape index (κ3) is 2.91. The standard InChI is InChI=1S/C13H18N4/c1-10-16-12-7-4-3-6-11(12)13(17-10)15-9-5-8-14-2/h3-4,6-7,14H,5,8-9H2,1-2H3,(H,15,16,17). The van der Waals surface area contributed by atoms with Crippen LogP contribution >= 0.6 is 0 Å². The Morgan fingerprint density at radius 1 is 1.12 bits per heavy atom. The largest absolute Gasteiger partial charge is 0.369 e. The Kier molecular flexibility index (Phi) is 3.88. The van der Waals surface area contributed by atoms with E-state index < -0.39 is 0 Å². The van der Waals surface area contributed by atoms with Crippen LogP contribution in [0.3, 0.4) is 0 Å². The van der Waals surface area contributed by atoms with E-state index in [0.717, 1.165) is 42.1 Å². The molecule has 0 aliphatic heterocycles. The monoisotopic (exact) mass is 230 g/mol. The number of hydrogen-bond acceptors (Lipinski definition) is 4. The minimum Gasteiger partial charge on any atom is -0.369 e. The fourth-order valence-corrected chi connectivity index (χ4v) is 1.80. The molecule has 0 bridgehead atoms. The lowest BCUT2D eigenvalue weighted by Gasteiger charge is -2.09. The van der Waals surface area contributed by atoms with Gasteiger partial charge in [0.15, 0.2) is 0 Å².